The van der Waals surface area contributed by atoms with E-state index in [-0.39, 0.29) is 17.0 Å². The lowest BCUT2D eigenvalue weighted by atomic mass is 10.1. The van der Waals surface area contributed by atoms with Crippen LogP contribution in [-0.2, 0) is 0 Å². The summed E-state index contributed by atoms with van der Waals surface area (Å²) in [6, 6.07) is 20.2. The third kappa shape index (κ3) is 3.74. The number of nitrogens with one attached hydrogen (secondary N) is 1. The molecule has 3 aromatic carbocycles. The molecular weight excluding hydrogens is 384 g/mol. The van der Waals surface area contributed by atoms with Crippen molar-refractivity contribution >= 4 is 28.6 Å². The Morgan fingerprint density at radius 3 is 2.57 bits per heavy atom. The van der Waals surface area contributed by atoms with Gasteiger partial charge in [-0.3, -0.25) is 14.9 Å². The minimum atomic E-state index is -0.553. The van der Waals surface area contributed by atoms with Gasteiger partial charge in [0.05, 0.1) is 28.1 Å². The lowest BCUT2D eigenvalue weighted by Crippen LogP contribution is -2.18. The fourth-order valence-electron chi connectivity index (χ4n) is 3.12. The predicted molar refractivity (Wildman–Crippen MR) is 113 cm³/mol. The third-order valence-corrected chi connectivity index (χ3v) is 4.57. The Hall–Kier alpha value is -4.46. The monoisotopic (exact) mass is 400 g/mol. The molecule has 4 aromatic rings. The van der Waals surface area contributed by atoms with E-state index in [0.717, 1.165) is 10.8 Å². The van der Waals surface area contributed by atoms with Gasteiger partial charge in [0.2, 0.25) is 0 Å². The number of rotatable bonds is 5. The SMILES string of the molecule is O=C(NN=Cc1cccn1-c1cccc([N+](=O)[O-])c1)c1cc2ccccc2cc1O. The zero-order chi connectivity index (χ0) is 21.1. The number of hydrogen-bond acceptors (Lipinski definition) is 5. The van der Waals surface area contributed by atoms with Crippen LogP contribution in [0.4, 0.5) is 5.69 Å². The number of amides is 1. The van der Waals surface area contributed by atoms with E-state index in [1.54, 1.807) is 41.1 Å². The van der Waals surface area contributed by atoms with Crippen molar-refractivity contribution in [3.05, 3.63) is 100 Å². The van der Waals surface area contributed by atoms with Crippen LogP contribution in [0.5, 0.6) is 5.75 Å². The number of aromatic nitrogens is 1. The maximum Gasteiger partial charge on any atom is 0.275 e. The van der Waals surface area contributed by atoms with Crippen LogP contribution < -0.4 is 5.43 Å². The number of carbonyl (C=O) groups is 1. The molecule has 0 aliphatic carbocycles. The average Bonchev–Trinajstić information content (AvgIpc) is 3.21. The van der Waals surface area contributed by atoms with Gasteiger partial charge >= 0.3 is 0 Å². The predicted octanol–water partition coefficient (Wildman–Crippen LogP) is 4.01. The van der Waals surface area contributed by atoms with Gasteiger partial charge in [0.25, 0.3) is 11.6 Å². The van der Waals surface area contributed by atoms with Gasteiger partial charge in [-0.15, -0.1) is 0 Å². The number of benzene rings is 3. The Kier molecular flexibility index (Phi) is 4.96. The van der Waals surface area contributed by atoms with Crippen molar-refractivity contribution in [3.8, 4) is 11.4 Å². The summed E-state index contributed by atoms with van der Waals surface area (Å²) in [5.74, 6) is -0.690. The first-order valence-corrected chi connectivity index (χ1v) is 9.00. The maximum atomic E-state index is 12.4. The summed E-state index contributed by atoms with van der Waals surface area (Å²) in [5, 5.41) is 26.8. The molecule has 0 bridgehead atoms. The number of nitrogens with zero attached hydrogens (tertiary/aromatic N) is 3. The zero-order valence-corrected chi connectivity index (χ0v) is 15.6. The molecule has 2 N–H and O–H groups in total. The quantitative estimate of drug-likeness (QED) is 0.300. The van der Waals surface area contributed by atoms with Gasteiger partial charge in [-0.1, -0.05) is 30.3 Å². The van der Waals surface area contributed by atoms with Crippen molar-refractivity contribution in [2.75, 3.05) is 0 Å². The Labute approximate surface area is 170 Å². The summed E-state index contributed by atoms with van der Waals surface area (Å²) in [5.41, 5.74) is 3.69. The van der Waals surface area contributed by atoms with E-state index in [1.807, 2.05) is 24.3 Å². The number of phenols is 1. The number of hydrazone groups is 1. The van der Waals surface area contributed by atoms with E-state index in [2.05, 4.69) is 10.5 Å². The summed E-state index contributed by atoms with van der Waals surface area (Å²) in [6.07, 6.45) is 3.16. The Morgan fingerprint density at radius 1 is 1.03 bits per heavy atom. The smallest absolute Gasteiger partial charge is 0.275 e. The van der Waals surface area contributed by atoms with Gasteiger partial charge < -0.3 is 9.67 Å². The molecule has 4 rings (SSSR count). The Morgan fingerprint density at radius 2 is 1.80 bits per heavy atom. The first-order chi connectivity index (χ1) is 14.5. The highest BCUT2D eigenvalue weighted by molar-refractivity contribution is 6.01. The molecule has 0 fully saturated rings. The second-order valence-corrected chi connectivity index (χ2v) is 6.50. The largest absolute Gasteiger partial charge is 0.507 e. The molecule has 0 unspecified atom stereocenters. The lowest BCUT2D eigenvalue weighted by Gasteiger charge is -2.07. The molecule has 0 atom stereocenters. The van der Waals surface area contributed by atoms with Crippen LogP contribution >= 0.6 is 0 Å². The molecule has 1 heterocycles. The maximum absolute atomic E-state index is 12.4. The van der Waals surface area contributed by atoms with E-state index in [9.17, 15) is 20.0 Å². The molecule has 1 amide bonds. The molecule has 0 saturated heterocycles. The molecule has 8 heteroatoms. The number of phenolic OH excluding ortho intramolecular Hbond substituents is 1. The molecule has 0 radical (unpaired) electrons. The van der Waals surface area contributed by atoms with Crippen molar-refractivity contribution in [2.45, 2.75) is 0 Å². The van der Waals surface area contributed by atoms with Crippen LogP contribution in [0.1, 0.15) is 16.1 Å². The van der Waals surface area contributed by atoms with Gasteiger partial charge in [-0.25, -0.2) is 5.43 Å². The van der Waals surface area contributed by atoms with Gasteiger partial charge in [0.15, 0.2) is 0 Å². The summed E-state index contributed by atoms with van der Waals surface area (Å²) in [7, 11) is 0. The summed E-state index contributed by atoms with van der Waals surface area (Å²) in [4.78, 5) is 23.0. The van der Waals surface area contributed by atoms with Crippen LogP contribution in [0.2, 0.25) is 0 Å². The topological polar surface area (TPSA) is 110 Å². The van der Waals surface area contributed by atoms with Gasteiger partial charge in [0.1, 0.15) is 5.75 Å². The standard InChI is InChI=1S/C22H16N4O4/c27-21-12-16-6-2-1-5-15(16)11-20(21)22(28)24-23-14-19-9-4-10-25(19)17-7-3-8-18(13-17)26(29)30/h1-14,27H,(H,24,28). The zero-order valence-electron chi connectivity index (χ0n) is 15.6. The minimum absolute atomic E-state index is 0.0239. The Balaban J connectivity index is 1.54. The normalized spacial score (nSPS) is 11.1. The second kappa shape index (κ2) is 7.88. The highest BCUT2D eigenvalue weighted by Crippen LogP contribution is 2.25. The van der Waals surface area contributed by atoms with Gasteiger partial charge in [-0.05, 0) is 41.1 Å². The van der Waals surface area contributed by atoms with Crippen LogP contribution in [0, 0.1) is 10.1 Å². The van der Waals surface area contributed by atoms with Crippen molar-refractivity contribution in [3.63, 3.8) is 0 Å². The molecule has 0 spiro atoms. The van der Waals surface area contributed by atoms with Crippen molar-refractivity contribution in [1.82, 2.24) is 9.99 Å². The van der Waals surface area contributed by atoms with Crippen molar-refractivity contribution in [1.29, 1.82) is 0 Å². The van der Waals surface area contributed by atoms with Gasteiger partial charge in [0, 0.05) is 18.3 Å². The molecule has 0 saturated carbocycles. The fourth-order valence-corrected chi connectivity index (χ4v) is 3.12. The first kappa shape index (κ1) is 18.9. The number of nitro benzene ring substituents is 1. The molecule has 1 aromatic heterocycles. The second-order valence-electron chi connectivity index (χ2n) is 6.50. The number of fused-ring (bicyclic) bond motifs is 1. The van der Waals surface area contributed by atoms with Crippen LogP contribution in [0.15, 0.2) is 84.1 Å². The van der Waals surface area contributed by atoms with Crippen LogP contribution in [-0.4, -0.2) is 26.7 Å². The van der Waals surface area contributed by atoms with E-state index in [1.165, 1.54) is 24.4 Å². The number of non-ortho nitro benzene ring substituents is 1. The number of carbonyl (C=O) groups excluding carboxylic acids is 1. The third-order valence-electron chi connectivity index (χ3n) is 4.57. The summed E-state index contributed by atoms with van der Waals surface area (Å²) in [6.45, 7) is 0. The molecule has 0 aliphatic rings. The first-order valence-electron chi connectivity index (χ1n) is 9.00. The van der Waals surface area contributed by atoms with Crippen molar-refractivity contribution < 1.29 is 14.8 Å². The number of hydrogen-bond donors (Lipinski definition) is 2. The molecule has 0 aliphatic heterocycles. The summed E-state index contributed by atoms with van der Waals surface area (Å²) >= 11 is 0. The van der Waals surface area contributed by atoms with Crippen molar-refractivity contribution in [2.24, 2.45) is 5.10 Å². The molecule has 148 valence electrons. The number of nitro groups is 1. The van der Waals surface area contributed by atoms with Gasteiger partial charge in [-0.2, -0.15) is 5.10 Å². The van der Waals surface area contributed by atoms with E-state index in [0.29, 0.717) is 11.4 Å². The van der Waals surface area contributed by atoms with E-state index < -0.39 is 10.8 Å². The fraction of sp³-hybridized carbons (Fsp3) is 0. The minimum Gasteiger partial charge on any atom is -0.507 e. The average molecular weight is 400 g/mol. The lowest BCUT2D eigenvalue weighted by molar-refractivity contribution is -0.384. The molecule has 30 heavy (non-hydrogen) atoms. The van der Waals surface area contributed by atoms with Crippen LogP contribution in [0.3, 0.4) is 0 Å². The summed E-state index contributed by atoms with van der Waals surface area (Å²) < 4.78 is 1.70. The highest BCUT2D eigenvalue weighted by Gasteiger charge is 2.12. The number of aromatic hydroxyl groups is 1. The van der Waals surface area contributed by atoms with Crippen LogP contribution in [0.25, 0.3) is 16.5 Å². The molecular formula is C22H16N4O4. The molecule has 8 nitrogen and oxygen atoms in total. The van der Waals surface area contributed by atoms with E-state index >= 15 is 0 Å². The highest BCUT2D eigenvalue weighted by atomic mass is 16.6. The van der Waals surface area contributed by atoms with E-state index in [4.69, 9.17) is 0 Å². The Bertz CT molecular complexity index is 1290.